The number of allylic oxidation sites excluding steroid dienone is 1. The Balaban J connectivity index is 2.63. The van der Waals surface area contributed by atoms with Crippen LogP contribution in [0.3, 0.4) is 0 Å². The second-order valence-electron chi connectivity index (χ2n) is 5.27. The van der Waals surface area contributed by atoms with Gasteiger partial charge < -0.3 is 9.47 Å². The smallest absolute Gasteiger partial charge is 0.338 e. The van der Waals surface area contributed by atoms with E-state index in [1.54, 1.807) is 38.2 Å². The highest BCUT2D eigenvalue weighted by Crippen LogP contribution is 2.23. The molecule has 0 saturated heterocycles. The van der Waals surface area contributed by atoms with Crippen LogP contribution < -0.4 is 0 Å². The zero-order valence-corrected chi connectivity index (χ0v) is 14.0. The first-order valence-electron chi connectivity index (χ1n) is 7.19. The molecule has 6 nitrogen and oxygen atoms in total. The lowest BCUT2D eigenvalue weighted by atomic mass is 10.1. The molecule has 0 aromatic carbocycles. The first-order chi connectivity index (χ1) is 11.4. The molecule has 0 amide bonds. The number of aryl methyl sites for hydroxylation is 1. The van der Waals surface area contributed by atoms with Gasteiger partial charge in [-0.3, -0.25) is 4.98 Å². The van der Waals surface area contributed by atoms with E-state index in [0.717, 1.165) is 0 Å². The van der Waals surface area contributed by atoms with Gasteiger partial charge in [0.05, 0.1) is 42.4 Å². The maximum atomic E-state index is 11.9. The first-order valence-corrected chi connectivity index (χ1v) is 7.19. The fourth-order valence-electron chi connectivity index (χ4n) is 2.11. The molecule has 0 aliphatic carbocycles. The van der Waals surface area contributed by atoms with Crippen molar-refractivity contribution < 1.29 is 19.1 Å². The Morgan fingerprint density at radius 1 is 1.04 bits per heavy atom. The largest absolute Gasteiger partial charge is 0.465 e. The Labute approximate surface area is 140 Å². The summed E-state index contributed by atoms with van der Waals surface area (Å²) in [5.74, 6) is -0.943. The molecule has 2 heterocycles. The van der Waals surface area contributed by atoms with E-state index in [1.165, 1.54) is 14.2 Å². The minimum atomic E-state index is -0.485. The second-order valence-corrected chi connectivity index (χ2v) is 5.27. The van der Waals surface area contributed by atoms with Gasteiger partial charge in [-0.2, -0.15) is 0 Å². The second kappa shape index (κ2) is 7.04. The molecule has 0 fully saturated rings. The summed E-state index contributed by atoms with van der Waals surface area (Å²) in [5, 5.41) is 0. The lowest BCUT2D eigenvalue weighted by Crippen LogP contribution is -2.07. The Morgan fingerprint density at radius 3 is 2.29 bits per heavy atom. The van der Waals surface area contributed by atoms with Gasteiger partial charge in [0.15, 0.2) is 0 Å². The van der Waals surface area contributed by atoms with Crippen molar-refractivity contribution in [2.75, 3.05) is 14.2 Å². The summed E-state index contributed by atoms with van der Waals surface area (Å²) in [6.45, 7) is 7.40. The molecule has 0 radical (unpaired) electrons. The number of carbonyl (C=O) groups is 2. The maximum Gasteiger partial charge on any atom is 0.338 e. The van der Waals surface area contributed by atoms with Crippen LogP contribution in [0, 0.1) is 6.92 Å². The summed E-state index contributed by atoms with van der Waals surface area (Å²) in [4.78, 5) is 32.5. The Morgan fingerprint density at radius 2 is 1.71 bits per heavy atom. The van der Waals surface area contributed by atoms with Gasteiger partial charge in [0.1, 0.15) is 0 Å². The highest BCUT2D eigenvalue weighted by molar-refractivity contribution is 5.93. The van der Waals surface area contributed by atoms with Crippen LogP contribution >= 0.6 is 0 Å². The van der Waals surface area contributed by atoms with E-state index < -0.39 is 11.9 Å². The number of aromatic nitrogens is 2. The average molecular weight is 326 g/mol. The Bertz CT molecular complexity index is 828. The van der Waals surface area contributed by atoms with Crippen molar-refractivity contribution in [2.45, 2.75) is 13.8 Å². The number of hydrogen-bond acceptors (Lipinski definition) is 6. The van der Waals surface area contributed by atoms with E-state index in [2.05, 4.69) is 16.5 Å². The maximum absolute atomic E-state index is 11.9. The Kier molecular flexibility index (Phi) is 5.08. The van der Waals surface area contributed by atoms with Crippen molar-refractivity contribution in [1.29, 1.82) is 0 Å². The van der Waals surface area contributed by atoms with Gasteiger partial charge in [0.25, 0.3) is 0 Å². The highest BCUT2D eigenvalue weighted by atomic mass is 16.5. The molecule has 2 aromatic rings. The van der Waals surface area contributed by atoms with E-state index in [9.17, 15) is 9.59 Å². The van der Waals surface area contributed by atoms with Crippen LogP contribution in [0.5, 0.6) is 0 Å². The summed E-state index contributed by atoms with van der Waals surface area (Å²) in [6.07, 6.45) is 1.56. The van der Waals surface area contributed by atoms with Crippen LogP contribution in [0.15, 0.2) is 31.0 Å². The summed E-state index contributed by atoms with van der Waals surface area (Å²) in [6, 6.07) is 4.76. The fraction of sp³-hybridized carbons (Fsp3) is 0.222. The molecule has 0 aliphatic rings. The van der Waals surface area contributed by atoms with E-state index >= 15 is 0 Å². The van der Waals surface area contributed by atoms with E-state index in [0.29, 0.717) is 39.3 Å². The molecule has 6 heteroatoms. The highest BCUT2D eigenvalue weighted by Gasteiger charge is 2.16. The number of rotatable bonds is 4. The zero-order valence-electron chi connectivity index (χ0n) is 14.0. The summed E-state index contributed by atoms with van der Waals surface area (Å²) >= 11 is 0. The molecule has 2 aromatic heterocycles. The van der Waals surface area contributed by atoms with Gasteiger partial charge in [-0.25, -0.2) is 14.6 Å². The summed E-state index contributed by atoms with van der Waals surface area (Å²) < 4.78 is 9.54. The Hall–Kier alpha value is -3.02. The van der Waals surface area contributed by atoms with Crippen LogP contribution in [-0.2, 0) is 9.47 Å². The number of methoxy groups -OCH3 is 2. The quantitative estimate of drug-likeness (QED) is 0.804. The predicted molar refractivity (Wildman–Crippen MR) is 89.6 cm³/mol. The van der Waals surface area contributed by atoms with Crippen LogP contribution in [-0.4, -0.2) is 36.1 Å². The molecule has 2 rings (SSSR count). The molecule has 0 unspecified atom stereocenters. The number of esters is 2. The number of pyridine rings is 2. The van der Waals surface area contributed by atoms with Crippen molar-refractivity contribution in [2.24, 2.45) is 0 Å². The van der Waals surface area contributed by atoms with Gasteiger partial charge >= 0.3 is 11.9 Å². The third-order valence-electron chi connectivity index (χ3n) is 3.45. The zero-order chi connectivity index (χ0) is 17.9. The van der Waals surface area contributed by atoms with E-state index in [1.807, 2.05) is 0 Å². The van der Waals surface area contributed by atoms with Gasteiger partial charge in [0.2, 0.25) is 0 Å². The van der Waals surface area contributed by atoms with E-state index in [4.69, 9.17) is 9.47 Å². The van der Waals surface area contributed by atoms with Crippen molar-refractivity contribution in [3.05, 3.63) is 53.4 Å². The lowest BCUT2D eigenvalue weighted by molar-refractivity contribution is 0.0591. The summed E-state index contributed by atoms with van der Waals surface area (Å²) in [5.41, 5.74) is 3.56. The standard InChI is InChI=1S/C18H18N2O4/c1-10(2)14-6-12(17(21)23-4)7-16(20-14)15-8-13(18(22)24-5)11(3)9-19-15/h6-9H,1H2,2-5H3. The third kappa shape index (κ3) is 3.48. The molecule has 0 aliphatic heterocycles. The van der Waals surface area contributed by atoms with Crippen molar-refractivity contribution >= 4 is 17.5 Å². The predicted octanol–water partition coefficient (Wildman–Crippen LogP) is 3.06. The van der Waals surface area contributed by atoms with Crippen LogP contribution in [0.1, 0.15) is 38.9 Å². The number of nitrogens with zero attached hydrogens (tertiary/aromatic N) is 2. The van der Waals surface area contributed by atoms with Crippen molar-refractivity contribution in [1.82, 2.24) is 9.97 Å². The van der Waals surface area contributed by atoms with Gasteiger partial charge in [-0.1, -0.05) is 6.58 Å². The van der Waals surface area contributed by atoms with E-state index in [-0.39, 0.29) is 0 Å². The van der Waals surface area contributed by atoms with Gasteiger partial charge in [-0.15, -0.1) is 0 Å². The fourth-order valence-corrected chi connectivity index (χ4v) is 2.11. The van der Waals surface area contributed by atoms with Gasteiger partial charge in [-0.05, 0) is 43.2 Å². The van der Waals surface area contributed by atoms with Gasteiger partial charge in [0, 0.05) is 6.20 Å². The van der Waals surface area contributed by atoms with Crippen LogP contribution in [0.25, 0.3) is 17.0 Å². The molecule has 124 valence electrons. The summed E-state index contributed by atoms with van der Waals surface area (Å²) in [7, 11) is 2.62. The topological polar surface area (TPSA) is 78.4 Å². The molecule has 0 saturated carbocycles. The molecule has 0 bridgehead atoms. The van der Waals surface area contributed by atoms with Crippen LogP contribution in [0.2, 0.25) is 0 Å². The monoisotopic (exact) mass is 326 g/mol. The number of hydrogen-bond donors (Lipinski definition) is 0. The molecule has 0 atom stereocenters. The molecule has 0 N–H and O–H groups in total. The SMILES string of the molecule is C=C(C)c1cc(C(=O)OC)cc(-c2cc(C(=O)OC)c(C)cn2)n1. The molecular weight excluding hydrogens is 308 g/mol. The molecule has 24 heavy (non-hydrogen) atoms. The first kappa shape index (κ1) is 17.3. The molecular formula is C18H18N2O4. The van der Waals surface area contributed by atoms with Crippen LogP contribution in [0.4, 0.5) is 0 Å². The minimum absolute atomic E-state index is 0.336. The average Bonchev–Trinajstić information content (AvgIpc) is 2.60. The molecule has 0 spiro atoms. The minimum Gasteiger partial charge on any atom is -0.465 e. The number of ether oxygens (including phenoxy) is 2. The lowest BCUT2D eigenvalue weighted by Gasteiger charge is -2.09. The normalized spacial score (nSPS) is 10.2. The van der Waals surface area contributed by atoms with Crippen molar-refractivity contribution in [3.63, 3.8) is 0 Å². The number of carbonyl (C=O) groups excluding carboxylic acids is 2. The third-order valence-corrected chi connectivity index (χ3v) is 3.45. The van der Waals surface area contributed by atoms with Crippen molar-refractivity contribution in [3.8, 4) is 11.4 Å².